The van der Waals surface area contributed by atoms with Gasteiger partial charge in [0.1, 0.15) is 15.7 Å². The number of ether oxygens (including phenoxy) is 3. The van der Waals surface area contributed by atoms with Crippen molar-refractivity contribution >= 4 is 38.0 Å². The summed E-state index contributed by atoms with van der Waals surface area (Å²) in [6, 6.07) is 16.1. The van der Waals surface area contributed by atoms with Crippen molar-refractivity contribution in [3.63, 3.8) is 0 Å². The fourth-order valence-electron chi connectivity index (χ4n) is 4.29. The summed E-state index contributed by atoms with van der Waals surface area (Å²) in [5.74, 6) is 2.73. The first-order valence-electron chi connectivity index (χ1n) is 13.2. The van der Waals surface area contributed by atoms with E-state index in [4.69, 9.17) is 24.5 Å². The molecule has 0 atom stereocenters. The van der Waals surface area contributed by atoms with Gasteiger partial charge in [0.15, 0.2) is 11.5 Å². The second-order valence-electron chi connectivity index (χ2n) is 9.69. The molecule has 1 aliphatic heterocycles. The summed E-state index contributed by atoms with van der Waals surface area (Å²) in [6.07, 6.45) is 2.70. The minimum Gasteiger partial charge on any atom is -0.493 e. The molecule has 1 saturated heterocycles. The van der Waals surface area contributed by atoms with E-state index in [1.54, 1.807) is 32.4 Å². The van der Waals surface area contributed by atoms with Gasteiger partial charge >= 0.3 is 10.1 Å². The lowest BCUT2D eigenvalue weighted by Gasteiger charge is -2.32. The maximum atomic E-state index is 10.4. The zero-order valence-electron chi connectivity index (χ0n) is 23.4. The van der Waals surface area contributed by atoms with Crippen LogP contribution in [0.2, 0.25) is 0 Å². The molecule has 2 aromatic carbocycles. The van der Waals surface area contributed by atoms with Gasteiger partial charge in [0.05, 0.1) is 19.2 Å². The number of anilines is 1. The minimum atomic E-state index is -3.96. The van der Waals surface area contributed by atoms with Crippen LogP contribution < -0.4 is 19.9 Å². The van der Waals surface area contributed by atoms with Crippen molar-refractivity contribution in [2.24, 2.45) is 0 Å². The van der Waals surface area contributed by atoms with Crippen molar-refractivity contribution in [3.05, 3.63) is 65.7 Å². The Hall–Kier alpha value is -3.42. The maximum absolute atomic E-state index is 10.4. The van der Waals surface area contributed by atoms with Crippen molar-refractivity contribution in [2.45, 2.75) is 17.6 Å². The molecule has 0 saturated carbocycles. The number of fused-ring (bicyclic) bond motifs is 1. The number of hydrogen-bond acceptors (Lipinski definition) is 10. The second-order valence-corrected chi connectivity index (χ2v) is 12.6. The summed E-state index contributed by atoms with van der Waals surface area (Å²) in [7, 11) is -0.145. The van der Waals surface area contributed by atoms with Gasteiger partial charge in [0.25, 0.3) is 0 Å². The number of rotatable bonds is 9. The number of aryl methyl sites for hydroxylation is 1. The number of nitrogens with two attached hydrogens (primary N) is 1. The van der Waals surface area contributed by atoms with Crippen molar-refractivity contribution in [1.82, 2.24) is 14.8 Å². The number of hydrogen-bond donors (Lipinski definition) is 2. The molecule has 2 aromatic heterocycles. The van der Waals surface area contributed by atoms with Crippen LogP contribution in [0.25, 0.3) is 10.9 Å². The van der Waals surface area contributed by atoms with Crippen molar-refractivity contribution in [2.75, 3.05) is 59.2 Å². The first-order chi connectivity index (χ1) is 19.6. The maximum Gasteiger partial charge on any atom is 0.304 e. The summed E-state index contributed by atoms with van der Waals surface area (Å²) in [4.78, 5) is 10.2. The van der Waals surface area contributed by atoms with Crippen LogP contribution in [0.5, 0.6) is 23.0 Å². The molecule has 12 heteroatoms. The molecule has 0 bridgehead atoms. The lowest BCUT2D eigenvalue weighted by atomic mass is 10.1. The molecule has 0 amide bonds. The van der Waals surface area contributed by atoms with Gasteiger partial charge in [0.2, 0.25) is 0 Å². The van der Waals surface area contributed by atoms with E-state index < -0.39 is 10.1 Å². The van der Waals surface area contributed by atoms with Gasteiger partial charge in [-0.15, -0.1) is 11.3 Å². The Morgan fingerprint density at radius 1 is 1.02 bits per heavy atom. The molecule has 1 aliphatic rings. The summed E-state index contributed by atoms with van der Waals surface area (Å²) in [5.41, 5.74) is 7.31. The van der Waals surface area contributed by atoms with E-state index >= 15 is 0 Å². The molecule has 5 rings (SSSR count). The first-order valence-corrected chi connectivity index (χ1v) is 15.5. The fourth-order valence-corrected chi connectivity index (χ4v) is 5.93. The Kier molecular flexibility index (Phi) is 10.4. The second kappa shape index (κ2) is 14.0. The van der Waals surface area contributed by atoms with Crippen LogP contribution in [0, 0.1) is 6.92 Å². The summed E-state index contributed by atoms with van der Waals surface area (Å²) >= 11 is 1.06. The number of nitrogen functional groups attached to an aromatic ring is 1. The van der Waals surface area contributed by atoms with E-state index in [1.165, 1.54) is 6.07 Å². The predicted octanol–water partition coefficient (Wildman–Crippen LogP) is 4.94. The van der Waals surface area contributed by atoms with Gasteiger partial charge in [-0.1, -0.05) is 6.07 Å². The third kappa shape index (κ3) is 8.78. The molecule has 220 valence electrons. The number of piperazine rings is 1. The van der Waals surface area contributed by atoms with Crippen LogP contribution in [0.15, 0.2) is 65.0 Å². The highest BCUT2D eigenvalue weighted by Crippen LogP contribution is 2.37. The van der Waals surface area contributed by atoms with Gasteiger partial charge in [0, 0.05) is 67.0 Å². The number of nitrogens with zero attached hydrogens (tertiary/aromatic N) is 3. The van der Waals surface area contributed by atoms with Crippen LogP contribution in [0.1, 0.15) is 11.3 Å². The monoisotopic (exact) mass is 600 g/mol. The number of aromatic nitrogens is 1. The van der Waals surface area contributed by atoms with Crippen molar-refractivity contribution in [1.29, 1.82) is 0 Å². The molecule has 0 aliphatic carbocycles. The van der Waals surface area contributed by atoms with Crippen LogP contribution in [0.4, 0.5) is 5.69 Å². The molecular weight excluding hydrogens is 564 g/mol. The Labute approximate surface area is 245 Å². The first kappa shape index (κ1) is 30.5. The lowest BCUT2D eigenvalue weighted by molar-refractivity contribution is 0.145. The van der Waals surface area contributed by atoms with Crippen LogP contribution in [-0.4, -0.2) is 81.2 Å². The van der Waals surface area contributed by atoms with Gasteiger partial charge in [-0.3, -0.25) is 9.54 Å². The lowest BCUT2D eigenvalue weighted by Crippen LogP contribution is -2.44. The average Bonchev–Trinajstić information content (AvgIpc) is 3.39. The largest absolute Gasteiger partial charge is 0.493 e. The Bertz CT molecular complexity index is 1550. The number of likely N-dealkylation sites (N-methyl/N-ethyl adjacent to an activating group) is 1. The average molecular weight is 601 g/mol. The number of methoxy groups -OCH3 is 1. The van der Waals surface area contributed by atoms with Gasteiger partial charge in [-0.05, 0) is 56.8 Å². The zero-order chi connectivity index (χ0) is 29.4. The van der Waals surface area contributed by atoms with Crippen molar-refractivity contribution in [3.8, 4) is 23.0 Å². The summed E-state index contributed by atoms with van der Waals surface area (Å²) < 4.78 is 47.0. The molecule has 41 heavy (non-hydrogen) atoms. The molecule has 3 heterocycles. The third-order valence-electron chi connectivity index (χ3n) is 6.51. The molecule has 3 N–H and O–H groups in total. The standard InChI is InChI=1S/C24H30N4O3.C5H6O3S2/c1-27-10-12-28(13-11-27)9-4-14-30-24-17-21-20(16-23(24)29-2)22(7-8-26-21)31-19-6-3-5-18(25)15-19;1-4-2-3-5(9-4)10(6,7)8/h3,5-8,15-17H,4,9-14,25H2,1-2H3;2-3H,1H3,(H,6,7,8). The van der Waals surface area contributed by atoms with E-state index in [2.05, 4.69) is 21.8 Å². The quantitative estimate of drug-likeness (QED) is 0.155. The molecule has 10 nitrogen and oxygen atoms in total. The fraction of sp³-hybridized carbons (Fsp3) is 0.345. The summed E-state index contributed by atoms with van der Waals surface area (Å²) in [6.45, 7) is 7.95. The van der Waals surface area contributed by atoms with Gasteiger partial charge in [-0.2, -0.15) is 8.42 Å². The van der Waals surface area contributed by atoms with Crippen LogP contribution in [0.3, 0.4) is 0 Å². The SMILES string of the molecule is COc1cc2c(Oc3cccc(N)c3)ccnc2cc1OCCCN1CCN(C)CC1.Cc1ccc(S(=O)(=O)O)s1. The van der Waals surface area contributed by atoms with E-state index in [0.29, 0.717) is 35.3 Å². The van der Waals surface area contributed by atoms with Crippen LogP contribution in [-0.2, 0) is 10.1 Å². The number of pyridine rings is 1. The van der Waals surface area contributed by atoms with E-state index in [1.807, 2.05) is 36.4 Å². The Morgan fingerprint density at radius 3 is 2.44 bits per heavy atom. The zero-order valence-corrected chi connectivity index (χ0v) is 25.1. The Balaban J connectivity index is 0.000000328. The summed E-state index contributed by atoms with van der Waals surface area (Å²) in [5, 5.41) is 0.853. The number of benzene rings is 2. The molecule has 0 spiro atoms. The molecule has 0 radical (unpaired) electrons. The predicted molar refractivity (Wildman–Crippen MR) is 162 cm³/mol. The van der Waals surface area contributed by atoms with E-state index in [9.17, 15) is 8.42 Å². The molecule has 4 aromatic rings. The normalized spacial score (nSPS) is 14.3. The highest BCUT2D eigenvalue weighted by atomic mass is 32.3. The smallest absolute Gasteiger partial charge is 0.304 e. The van der Waals surface area contributed by atoms with Gasteiger partial charge in [-0.25, -0.2) is 0 Å². The van der Waals surface area contributed by atoms with E-state index in [0.717, 1.165) is 66.3 Å². The highest BCUT2D eigenvalue weighted by molar-refractivity contribution is 7.88. The molecule has 0 unspecified atom stereocenters. The van der Waals surface area contributed by atoms with Gasteiger partial charge < -0.3 is 29.7 Å². The topological polar surface area (TPSA) is 127 Å². The minimum absolute atomic E-state index is 0.00463. The highest BCUT2D eigenvalue weighted by Gasteiger charge is 2.15. The number of thiophene rings is 1. The Morgan fingerprint density at radius 2 is 1.80 bits per heavy atom. The van der Waals surface area contributed by atoms with E-state index in [-0.39, 0.29) is 4.21 Å². The van der Waals surface area contributed by atoms with Crippen molar-refractivity contribution < 1.29 is 27.2 Å². The molecular formula is C29H36N4O6S2. The molecule has 1 fully saturated rings. The third-order valence-corrected chi connectivity index (χ3v) is 8.84. The van der Waals surface area contributed by atoms with Crippen LogP contribution >= 0.6 is 11.3 Å².